The van der Waals surface area contributed by atoms with Crippen LogP contribution in [0.25, 0.3) is 0 Å². The summed E-state index contributed by atoms with van der Waals surface area (Å²) < 4.78 is 6.07. The summed E-state index contributed by atoms with van der Waals surface area (Å²) >= 11 is 0. The van der Waals surface area contributed by atoms with Crippen molar-refractivity contribution in [3.8, 4) is 0 Å². The van der Waals surface area contributed by atoms with Crippen LogP contribution in [0.5, 0.6) is 0 Å². The molecule has 5 heteroatoms. The van der Waals surface area contributed by atoms with Crippen LogP contribution in [0.15, 0.2) is 12.7 Å². The van der Waals surface area contributed by atoms with Gasteiger partial charge >= 0.3 is 0 Å². The highest BCUT2D eigenvalue weighted by molar-refractivity contribution is 5.90. The third-order valence-corrected chi connectivity index (χ3v) is 5.01. The molecular formula is C18H30N2O3. The van der Waals surface area contributed by atoms with Gasteiger partial charge in [-0.05, 0) is 37.7 Å². The lowest BCUT2D eigenvalue weighted by Crippen LogP contribution is -2.45. The van der Waals surface area contributed by atoms with Crippen molar-refractivity contribution in [1.82, 2.24) is 9.80 Å². The summed E-state index contributed by atoms with van der Waals surface area (Å²) in [6.07, 6.45) is 10.00. The van der Waals surface area contributed by atoms with Gasteiger partial charge in [-0.25, -0.2) is 0 Å². The molecule has 0 aromatic carbocycles. The largest absolute Gasteiger partial charge is 0.378 e. The summed E-state index contributed by atoms with van der Waals surface area (Å²) in [4.78, 5) is 26.9. The molecule has 0 aromatic rings. The van der Waals surface area contributed by atoms with Gasteiger partial charge in [0.1, 0.15) is 0 Å². The van der Waals surface area contributed by atoms with E-state index in [4.69, 9.17) is 4.74 Å². The predicted molar refractivity (Wildman–Crippen MR) is 90.0 cm³/mol. The number of hydrogen-bond donors (Lipinski definition) is 0. The molecule has 2 aliphatic rings. The van der Waals surface area contributed by atoms with E-state index in [9.17, 15) is 9.59 Å². The molecule has 5 nitrogen and oxygen atoms in total. The molecule has 0 radical (unpaired) electrons. The number of likely N-dealkylation sites (tertiary alicyclic amines) is 1. The van der Waals surface area contributed by atoms with Crippen molar-refractivity contribution in [1.29, 1.82) is 0 Å². The highest BCUT2D eigenvalue weighted by Gasteiger charge is 2.25. The Hall–Kier alpha value is -1.36. The van der Waals surface area contributed by atoms with Crippen molar-refractivity contribution >= 4 is 11.8 Å². The number of nitrogens with zero attached hydrogens (tertiary/aromatic N) is 2. The minimum absolute atomic E-state index is 0.00781. The van der Waals surface area contributed by atoms with Crippen LogP contribution >= 0.6 is 0 Å². The minimum atomic E-state index is -0.218. The molecule has 0 spiro atoms. The molecule has 1 saturated heterocycles. The fraction of sp³-hybridized carbons (Fsp3) is 0.778. The average molecular weight is 322 g/mol. The Morgan fingerprint density at radius 3 is 2.43 bits per heavy atom. The fourth-order valence-electron chi connectivity index (χ4n) is 3.43. The van der Waals surface area contributed by atoms with Gasteiger partial charge in [-0.2, -0.15) is 0 Å². The molecule has 2 rings (SSSR count). The van der Waals surface area contributed by atoms with E-state index in [1.165, 1.54) is 43.1 Å². The second-order valence-corrected chi connectivity index (χ2v) is 6.82. The quantitative estimate of drug-likeness (QED) is 0.705. The van der Waals surface area contributed by atoms with Crippen molar-refractivity contribution in [2.45, 2.75) is 51.0 Å². The van der Waals surface area contributed by atoms with Crippen molar-refractivity contribution in [3.63, 3.8) is 0 Å². The Morgan fingerprint density at radius 1 is 1.17 bits per heavy atom. The first-order chi connectivity index (χ1) is 11.1. The van der Waals surface area contributed by atoms with Gasteiger partial charge in [0.25, 0.3) is 0 Å². The van der Waals surface area contributed by atoms with Gasteiger partial charge in [0.2, 0.25) is 11.8 Å². The molecule has 0 bridgehead atoms. The number of rotatable bonds is 6. The first kappa shape index (κ1) is 18.0. The number of carbonyl (C=O) groups excluding carboxylic acids is 2. The second-order valence-electron chi connectivity index (χ2n) is 6.82. The van der Waals surface area contributed by atoms with E-state index in [2.05, 4.69) is 6.58 Å². The summed E-state index contributed by atoms with van der Waals surface area (Å²) in [5, 5.41) is 0. The molecule has 2 amide bonds. The van der Waals surface area contributed by atoms with Crippen molar-refractivity contribution in [3.05, 3.63) is 12.7 Å². The van der Waals surface area contributed by atoms with Crippen LogP contribution in [-0.2, 0) is 14.3 Å². The van der Waals surface area contributed by atoms with Gasteiger partial charge in [0, 0.05) is 26.7 Å². The van der Waals surface area contributed by atoms with Gasteiger partial charge in [0.15, 0.2) is 0 Å². The lowest BCUT2D eigenvalue weighted by molar-refractivity contribution is -0.139. The van der Waals surface area contributed by atoms with Gasteiger partial charge in [-0.3, -0.25) is 9.59 Å². The monoisotopic (exact) mass is 322 g/mol. The van der Waals surface area contributed by atoms with E-state index in [-0.39, 0.29) is 24.5 Å². The maximum atomic E-state index is 12.2. The summed E-state index contributed by atoms with van der Waals surface area (Å²) in [5.41, 5.74) is 0. The number of likely N-dealkylation sites (N-methyl/N-ethyl adjacent to an activating group) is 1. The molecule has 2 fully saturated rings. The van der Waals surface area contributed by atoms with Crippen LogP contribution < -0.4 is 0 Å². The van der Waals surface area contributed by atoms with Crippen LogP contribution in [0.3, 0.4) is 0 Å². The van der Waals surface area contributed by atoms with Gasteiger partial charge in [0.05, 0.1) is 12.6 Å². The fourth-order valence-corrected chi connectivity index (χ4v) is 3.43. The zero-order valence-electron chi connectivity index (χ0n) is 14.3. The molecule has 1 heterocycles. The Balaban J connectivity index is 1.65. The molecule has 1 aliphatic heterocycles. The van der Waals surface area contributed by atoms with Crippen molar-refractivity contribution in [2.24, 2.45) is 5.92 Å². The molecule has 130 valence electrons. The smallest absolute Gasteiger partial charge is 0.246 e. The maximum absolute atomic E-state index is 12.2. The SMILES string of the molecule is C=CC(=O)N(C)CC(=O)N1CCC(OCC2CCCCC2)CC1. The zero-order valence-corrected chi connectivity index (χ0v) is 14.3. The predicted octanol–water partition coefficient (Wildman–Crippen LogP) is 2.22. The molecule has 0 unspecified atom stereocenters. The van der Waals surface area contributed by atoms with E-state index in [1.807, 2.05) is 4.90 Å². The number of carbonyl (C=O) groups is 2. The van der Waals surface area contributed by atoms with Gasteiger partial charge in [-0.15, -0.1) is 0 Å². The van der Waals surface area contributed by atoms with E-state index in [1.54, 1.807) is 7.05 Å². The average Bonchev–Trinajstić information content (AvgIpc) is 2.60. The summed E-state index contributed by atoms with van der Waals surface area (Å²) in [6, 6.07) is 0. The Kier molecular flexibility index (Phi) is 7.09. The summed E-state index contributed by atoms with van der Waals surface area (Å²) in [6.45, 7) is 5.90. The Bertz CT molecular complexity index is 410. The van der Waals surface area contributed by atoms with Crippen LogP contribution in [0, 0.1) is 5.92 Å². The first-order valence-electron chi connectivity index (χ1n) is 8.87. The van der Waals surface area contributed by atoms with Gasteiger partial charge < -0.3 is 14.5 Å². The van der Waals surface area contributed by atoms with E-state index in [0.29, 0.717) is 0 Å². The van der Waals surface area contributed by atoms with Crippen molar-refractivity contribution < 1.29 is 14.3 Å². The Labute approximate surface area is 139 Å². The lowest BCUT2D eigenvalue weighted by atomic mass is 9.90. The molecule has 1 aliphatic carbocycles. The molecule has 0 aromatic heterocycles. The zero-order chi connectivity index (χ0) is 16.7. The van der Waals surface area contributed by atoms with Crippen LogP contribution in [0.1, 0.15) is 44.9 Å². The lowest BCUT2D eigenvalue weighted by Gasteiger charge is -2.34. The number of piperidine rings is 1. The minimum Gasteiger partial charge on any atom is -0.378 e. The number of hydrogen-bond acceptors (Lipinski definition) is 3. The topological polar surface area (TPSA) is 49.9 Å². The summed E-state index contributed by atoms with van der Waals surface area (Å²) in [5.74, 6) is 0.527. The highest BCUT2D eigenvalue weighted by Crippen LogP contribution is 2.25. The highest BCUT2D eigenvalue weighted by atomic mass is 16.5. The number of ether oxygens (including phenoxy) is 1. The summed E-state index contributed by atoms with van der Waals surface area (Å²) in [7, 11) is 1.63. The van der Waals surface area contributed by atoms with Gasteiger partial charge in [-0.1, -0.05) is 25.8 Å². The Morgan fingerprint density at radius 2 is 1.83 bits per heavy atom. The molecule has 23 heavy (non-hydrogen) atoms. The van der Waals surface area contributed by atoms with Crippen LogP contribution in [0.2, 0.25) is 0 Å². The van der Waals surface area contributed by atoms with Crippen LogP contribution in [-0.4, -0.2) is 61.0 Å². The molecule has 0 atom stereocenters. The third-order valence-electron chi connectivity index (χ3n) is 5.01. The molecule has 1 saturated carbocycles. The third kappa shape index (κ3) is 5.65. The molecular weight excluding hydrogens is 292 g/mol. The second kappa shape index (κ2) is 9.06. The molecule has 0 N–H and O–H groups in total. The standard InChI is InChI=1S/C18H30N2O3/c1-3-17(21)19(2)13-18(22)20-11-9-16(10-12-20)23-14-15-7-5-4-6-8-15/h3,15-16H,1,4-14H2,2H3. The van der Waals surface area contributed by atoms with Crippen LogP contribution in [0.4, 0.5) is 0 Å². The normalized spacial score (nSPS) is 20.3. The maximum Gasteiger partial charge on any atom is 0.246 e. The van der Waals surface area contributed by atoms with Crippen molar-refractivity contribution in [2.75, 3.05) is 33.3 Å². The van der Waals surface area contributed by atoms with E-state index < -0.39 is 0 Å². The van der Waals surface area contributed by atoms with E-state index >= 15 is 0 Å². The first-order valence-corrected chi connectivity index (χ1v) is 8.87. The van der Waals surface area contributed by atoms with E-state index in [0.717, 1.165) is 38.5 Å². The number of amides is 2.